The van der Waals surface area contributed by atoms with E-state index in [4.69, 9.17) is 19.1 Å². The molecule has 2 heterocycles. The Hall–Kier alpha value is -0.240. The first-order valence-electron chi connectivity index (χ1n) is 12.9. The lowest BCUT2D eigenvalue weighted by Crippen LogP contribution is -2.51. The largest absolute Gasteiger partial charge is 0.376 e. The Kier molecular flexibility index (Phi) is 9.63. The molecular formula is C26H52N2O4. The number of hydrogen-bond donors (Lipinski definition) is 0. The lowest BCUT2D eigenvalue weighted by molar-refractivity contribution is -0.249. The van der Waals surface area contributed by atoms with Crippen molar-refractivity contribution in [2.45, 2.75) is 142 Å². The van der Waals surface area contributed by atoms with E-state index in [1.54, 1.807) is 0 Å². The molecule has 2 fully saturated rings. The van der Waals surface area contributed by atoms with Crippen molar-refractivity contribution in [3.8, 4) is 0 Å². The molecule has 0 aromatic rings. The molecule has 0 aliphatic carbocycles. The number of hydroxylamine groups is 4. The molecule has 0 amide bonds. The molecule has 6 heteroatoms. The molecule has 2 rings (SSSR count). The van der Waals surface area contributed by atoms with Gasteiger partial charge in [0.25, 0.3) is 0 Å². The second kappa shape index (κ2) is 11.0. The van der Waals surface area contributed by atoms with Gasteiger partial charge in [-0.15, -0.1) is 0 Å². The molecule has 190 valence electrons. The SMILES string of the molecule is CCCON1C(C)(C)CC(OCCCCOC2CC(C)(C)N(OCCC)C2(C)C)C1(C)C. The van der Waals surface area contributed by atoms with Crippen LogP contribution in [-0.2, 0) is 19.1 Å². The van der Waals surface area contributed by atoms with Gasteiger partial charge in [-0.1, -0.05) is 13.8 Å². The van der Waals surface area contributed by atoms with Crippen LogP contribution < -0.4 is 0 Å². The molecule has 0 aromatic heterocycles. The molecule has 2 atom stereocenters. The van der Waals surface area contributed by atoms with Gasteiger partial charge in [-0.3, -0.25) is 9.68 Å². The lowest BCUT2D eigenvalue weighted by atomic mass is 9.97. The number of hydrogen-bond acceptors (Lipinski definition) is 6. The van der Waals surface area contributed by atoms with E-state index in [2.05, 4.69) is 79.4 Å². The molecule has 2 aliphatic heterocycles. The van der Waals surface area contributed by atoms with E-state index < -0.39 is 0 Å². The molecule has 2 saturated heterocycles. The van der Waals surface area contributed by atoms with Gasteiger partial charge in [0.1, 0.15) is 0 Å². The minimum atomic E-state index is -0.128. The summed E-state index contributed by atoms with van der Waals surface area (Å²) in [6, 6.07) is 0. The van der Waals surface area contributed by atoms with Gasteiger partial charge in [0.2, 0.25) is 0 Å². The first kappa shape index (κ1) is 28.0. The zero-order valence-electron chi connectivity index (χ0n) is 22.8. The summed E-state index contributed by atoms with van der Waals surface area (Å²) in [7, 11) is 0. The number of rotatable bonds is 13. The van der Waals surface area contributed by atoms with Crippen LogP contribution in [0.5, 0.6) is 0 Å². The Morgan fingerprint density at radius 3 is 1.25 bits per heavy atom. The van der Waals surface area contributed by atoms with E-state index in [1.807, 2.05) is 0 Å². The summed E-state index contributed by atoms with van der Waals surface area (Å²) in [5.74, 6) is 0. The highest BCUT2D eigenvalue weighted by Crippen LogP contribution is 2.44. The fourth-order valence-corrected chi connectivity index (χ4v) is 5.62. The van der Waals surface area contributed by atoms with Crippen molar-refractivity contribution in [2.75, 3.05) is 26.4 Å². The summed E-state index contributed by atoms with van der Waals surface area (Å²) >= 11 is 0. The molecule has 2 aliphatic rings. The topological polar surface area (TPSA) is 43.4 Å². The van der Waals surface area contributed by atoms with Gasteiger partial charge in [0, 0.05) is 24.3 Å². The molecule has 2 unspecified atom stereocenters. The smallest absolute Gasteiger partial charge is 0.0794 e. The highest BCUT2D eigenvalue weighted by Gasteiger charge is 2.54. The summed E-state index contributed by atoms with van der Waals surface area (Å²) in [5, 5.41) is 4.35. The summed E-state index contributed by atoms with van der Waals surface area (Å²) in [6.07, 6.45) is 6.38. The third kappa shape index (κ3) is 6.25. The Labute approximate surface area is 198 Å². The van der Waals surface area contributed by atoms with Gasteiger partial charge in [-0.2, -0.15) is 10.1 Å². The number of unbranched alkanes of at least 4 members (excludes halogenated alkanes) is 1. The molecule has 0 spiro atoms. The highest BCUT2D eigenvalue weighted by atomic mass is 16.7. The molecule has 6 nitrogen and oxygen atoms in total. The zero-order chi connectivity index (χ0) is 24.2. The van der Waals surface area contributed by atoms with Crippen molar-refractivity contribution >= 4 is 0 Å². The van der Waals surface area contributed by atoms with Gasteiger partial charge < -0.3 is 9.47 Å². The van der Waals surface area contributed by atoms with E-state index in [1.165, 1.54) is 0 Å². The van der Waals surface area contributed by atoms with E-state index in [0.717, 1.165) is 65.0 Å². The van der Waals surface area contributed by atoms with Crippen molar-refractivity contribution < 1.29 is 19.1 Å². The fourth-order valence-electron chi connectivity index (χ4n) is 5.62. The average Bonchev–Trinajstić information content (AvgIpc) is 2.96. The van der Waals surface area contributed by atoms with Gasteiger partial charge in [-0.05, 0) is 93.9 Å². The maximum absolute atomic E-state index is 6.37. The minimum absolute atomic E-state index is 0.0149. The van der Waals surface area contributed by atoms with Gasteiger partial charge >= 0.3 is 0 Å². The molecule has 0 radical (unpaired) electrons. The van der Waals surface area contributed by atoms with Crippen LogP contribution in [0.25, 0.3) is 0 Å². The maximum atomic E-state index is 6.37. The molecule has 32 heavy (non-hydrogen) atoms. The Balaban J connectivity index is 1.75. The van der Waals surface area contributed by atoms with Gasteiger partial charge in [0.15, 0.2) is 0 Å². The molecule has 0 N–H and O–H groups in total. The van der Waals surface area contributed by atoms with E-state index in [9.17, 15) is 0 Å². The fraction of sp³-hybridized carbons (Fsp3) is 1.00. The van der Waals surface area contributed by atoms with Crippen LogP contribution in [0.15, 0.2) is 0 Å². The van der Waals surface area contributed by atoms with Crippen LogP contribution in [0, 0.1) is 0 Å². The van der Waals surface area contributed by atoms with Crippen LogP contribution in [0.1, 0.15) is 108 Å². The molecular weight excluding hydrogens is 404 g/mol. The third-order valence-corrected chi connectivity index (χ3v) is 7.12. The van der Waals surface area contributed by atoms with Crippen molar-refractivity contribution in [3.05, 3.63) is 0 Å². The van der Waals surface area contributed by atoms with Gasteiger partial charge in [-0.25, -0.2) is 0 Å². The van der Waals surface area contributed by atoms with E-state index in [-0.39, 0.29) is 34.4 Å². The summed E-state index contributed by atoms with van der Waals surface area (Å²) in [6.45, 7) is 25.3. The predicted molar refractivity (Wildman–Crippen MR) is 130 cm³/mol. The van der Waals surface area contributed by atoms with Crippen LogP contribution in [-0.4, -0.2) is 70.9 Å². The van der Waals surface area contributed by atoms with Gasteiger partial charge in [0.05, 0.1) is 36.5 Å². The van der Waals surface area contributed by atoms with Crippen LogP contribution in [0.3, 0.4) is 0 Å². The Bertz CT molecular complexity index is 526. The van der Waals surface area contributed by atoms with E-state index >= 15 is 0 Å². The van der Waals surface area contributed by atoms with Crippen molar-refractivity contribution in [1.29, 1.82) is 0 Å². The average molecular weight is 457 g/mol. The van der Waals surface area contributed by atoms with E-state index in [0.29, 0.717) is 0 Å². The summed E-state index contributed by atoms with van der Waals surface area (Å²) < 4.78 is 12.7. The Morgan fingerprint density at radius 2 is 0.938 bits per heavy atom. The molecule has 0 bridgehead atoms. The first-order chi connectivity index (χ1) is 14.8. The number of nitrogens with zero attached hydrogens (tertiary/aromatic N) is 2. The predicted octanol–water partition coefficient (Wildman–Crippen LogP) is 5.75. The molecule has 0 saturated carbocycles. The lowest BCUT2D eigenvalue weighted by Gasteiger charge is -2.39. The highest BCUT2D eigenvalue weighted by molar-refractivity contribution is 5.04. The summed E-state index contributed by atoms with van der Waals surface area (Å²) in [4.78, 5) is 12.2. The van der Waals surface area contributed by atoms with Crippen LogP contribution in [0.4, 0.5) is 0 Å². The van der Waals surface area contributed by atoms with Crippen LogP contribution in [0.2, 0.25) is 0 Å². The first-order valence-corrected chi connectivity index (χ1v) is 12.9. The van der Waals surface area contributed by atoms with Crippen LogP contribution >= 0.6 is 0 Å². The minimum Gasteiger partial charge on any atom is -0.376 e. The number of ether oxygens (including phenoxy) is 2. The second-order valence-electron chi connectivity index (χ2n) is 12.0. The standard InChI is InChI=1S/C26H52N2O4/c1-11-15-31-27-23(3,4)19-21(25(27,7)8)29-17-13-14-18-30-22-20-24(5,6)28(26(22,9)10)32-16-12-2/h21-22H,11-20H2,1-10H3. The quantitative estimate of drug-likeness (QED) is 0.329. The molecule has 0 aromatic carbocycles. The monoisotopic (exact) mass is 456 g/mol. The Morgan fingerprint density at radius 1 is 0.594 bits per heavy atom. The van der Waals surface area contributed by atoms with Crippen molar-refractivity contribution in [2.24, 2.45) is 0 Å². The third-order valence-electron chi connectivity index (χ3n) is 7.12. The zero-order valence-corrected chi connectivity index (χ0v) is 22.8. The maximum Gasteiger partial charge on any atom is 0.0794 e. The second-order valence-corrected chi connectivity index (χ2v) is 12.0. The normalized spacial score (nSPS) is 29.1. The van der Waals surface area contributed by atoms with Crippen molar-refractivity contribution in [3.63, 3.8) is 0 Å². The van der Waals surface area contributed by atoms with Crippen molar-refractivity contribution in [1.82, 2.24) is 10.1 Å². The summed E-state index contributed by atoms with van der Waals surface area (Å²) in [5.41, 5.74) is -0.287.